The molecule has 1 rings (SSSR count). The molecule has 0 saturated heterocycles. The van der Waals surface area contributed by atoms with Crippen molar-refractivity contribution in [3.8, 4) is 0 Å². The number of hydrogen-bond donors (Lipinski definition) is 1. The Hall–Kier alpha value is -0.890. The van der Waals surface area contributed by atoms with Crippen LogP contribution in [-0.2, 0) is 0 Å². The van der Waals surface area contributed by atoms with Gasteiger partial charge in [-0.15, -0.1) is 0 Å². The van der Waals surface area contributed by atoms with E-state index in [1.807, 2.05) is 13.0 Å². The van der Waals surface area contributed by atoms with Crippen LogP contribution in [0.4, 0.5) is 4.39 Å². The molecule has 1 aromatic rings. The fourth-order valence-corrected chi connectivity index (χ4v) is 1.07. The van der Waals surface area contributed by atoms with E-state index in [0.29, 0.717) is 0 Å². The Morgan fingerprint density at radius 1 is 1.42 bits per heavy atom. The number of aliphatic hydroxyl groups excluding tert-OH is 1. The van der Waals surface area contributed by atoms with Gasteiger partial charge in [-0.2, -0.15) is 0 Å². The van der Waals surface area contributed by atoms with Crippen molar-refractivity contribution in [3.63, 3.8) is 0 Å². The van der Waals surface area contributed by atoms with Gasteiger partial charge in [0, 0.05) is 5.92 Å². The van der Waals surface area contributed by atoms with E-state index >= 15 is 0 Å². The van der Waals surface area contributed by atoms with Crippen LogP contribution in [0, 0.1) is 18.7 Å². The molecule has 0 unspecified atom stereocenters. The van der Waals surface area contributed by atoms with Crippen LogP contribution in [0.15, 0.2) is 18.2 Å². The number of rotatable bonds is 2. The zero-order chi connectivity index (χ0) is 9.14. The quantitative estimate of drug-likeness (QED) is 0.714. The molecular weight excluding hydrogens is 155 g/mol. The minimum absolute atomic E-state index is 0.0249. The first-order valence-corrected chi connectivity index (χ1v) is 3.84. The summed E-state index contributed by atoms with van der Waals surface area (Å²) >= 11 is 0. The number of aliphatic hydroxyl groups is 1. The van der Waals surface area contributed by atoms with Crippen LogP contribution in [0.1, 0.15) is 18.1 Å². The summed E-state index contributed by atoms with van der Waals surface area (Å²) in [6, 6.07) is 4.75. The average Bonchev–Trinajstić information content (AvgIpc) is 2.01. The Kier molecular flexibility index (Phi) is 2.82. The van der Waals surface area contributed by atoms with Gasteiger partial charge in [0.2, 0.25) is 0 Å². The maximum Gasteiger partial charge on any atom is 0.123 e. The van der Waals surface area contributed by atoms with Crippen molar-refractivity contribution in [3.05, 3.63) is 41.1 Å². The second-order valence-electron chi connectivity index (χ2n) is 2.96. The Morgan fingerprint density at radius 3 is 2.58 bits per heavy atom. The van der Waals surface area contributed by atoms with E-state index in [0.717, 1.165) is 17.0 Å². The Bertz CT molecular complexity index is 250. The summed E-state index contributed by atoms with van der Waals surface area (Å²) in [5.41, 5.74) is 1.65. The highest BCUT2D eigenvalue weighted by molar-refractivity contribution is 5.33. The number of aryl methyl sites for hydroxylation is 1. The van der Waals surface area contributed by atoms with Gasteiger partial charge in [-0.3, -0.25) is 0 Å². The fraction of sp³-hybridized carbons (Fsp3) is 0.300. The zero-order valence-corrected chi connectivity index (χ0v) is 7.26. The van der Waals surface area contributed by atoms with E-state index in [9.17, 15) is 4.39 Å². The first kappa shape index (κ1) is 9.20. The monoisotopic (exact) mass is 167 g/mol. The summed E-state index contributed by atoms with van der Waals surface area (Å²) in [7, 11) is 0. The van der Waals surface area contributed by atoms with Crippen LogP contribution in [0.3, 0.4) is 0 Å². The van der Waals surface area contributed by atoms with Crippen molar-refractivity contribution in [1.82, 2.24) is 0 Å². The van der Waals surface area contributed by atoms with Crippen LogP contribution < -0.4 is 0 Å². The minimum atomic E-state index is -0.252. The summed E-state index contributed by atoms with van der Waals surface area (Å²) in [6.07, 6.45) is 0. The molecule has 0 atom stereocenters. The highest BCUT2D eigenvalue weighted by atomic mass is 19.1. The summed E-state index contributed by atoms with van der Waals surface area (Å²) in [6.45, 7) is 3.59. The summed E-state index contributed by atoms with van der Waals surface area (Å²) < 4.78 is 12.8. The van der Waals surface area contributed by atoms with E-state index in [4.69, 9.17) is 5.11 Å². The lowest BCUT2D eigenvalue weighted by atomic mass is 10.0. The highest BCUT2D eigenvalue weighted by Gasteiger charge is 2.05. The Balaban J connectivity index is 3.00. The molecule has 65 valence electrons. The van der Waals surface area contributed by atoms with Gasteiger partial charge in [0.15, 0.2) is 0 Å². The van der Waals surface area contributed by atoms with Gasteiger partial charge >= 0.3 is 0 Å². The molecule has 1 N–H and O–H groups in total. The van der Waals surface area contributed by atoms with Gasteiger partial charge in [0.25, 0.3) is 0 Å². The molecule has 0 aliphatic rings. The Morgan fingerprint density at radius 2 is 2.08 bits per heavy atom. The van der Waals surface area contributed by atoms with Gasteiger partial charge in [-0.05, 0) is 30.2 Å². The fourth-order valence-electron chi connectivity index (χ4n) is 1.07. The molecule has 0 aliphatic carbocycles. The molecule has 12 heavy (non-hydrogen) atoms. The first-order valence-electron chi connectivity index (χ1n) is 3.84. The van der Waals surface area contributed by atoms with E-state index < -0.39 is 0 Å². The largest absolute Gasteiger partial charge is 0.395 e. The topological polar surface area (TPSA) is 20.2 Å². The van der Waals surface area contributed by atoms with Crippen molar-refractivity contribution < 1.29 is 9.50 Å². The smallest absolute Gasteiger partial charge is 0.123 e. The summed E-state index contributed by atoms with van der Waals surface area (Å²) in [5.74, 6) is 0.537. The van der Waals surface area contributed by atoms with Crippen molar-refractivity contribution in [2.24, 2.45) is 0 Å². The van der Waals surface area contributed by atoms with Gasteiger partial charge in [0.1, 0.15) is 5.82 Å². The molecule has 0 amide bonds. The molecular formula is C10H12FO. The number of halogens is 1. The van der Waals surface area contributed by atoms with Gasteiger partial charge in [-0.25, -0.2) is 4.39 Å². The molecule has 1 nitrogen and oxygen atoms in total. The van der Waals surface area contributed by atoms with Crippen LogP contribution in [0.25, 0.3) is 0 Å². The third-order valence-electron chi connectivity index (χ3n) is 1.77. The van der Waals surface area contributed by atoms with E-state index in [1.165, 1.54) is 12.1 Å². The molecule has 0 aliphatic heterocycles. The van der Waals surface area contributed by atoms with Crippen LogP contribution in [-0.4, -0.2) is 11.7 Å². The van der Waals surface area contributed by atoms with E-state index in [-0.39, 0.29) is 12.4 Å². The lowest BCUT2D eigenvalue weighted by Gasteiger charge is -2.08. The second kappa shape index (κ2) is 3.68. The van der Waals surface area contributed by atoms with Crippen molar-refractivity contribution in [2.75, 3.05) is 6.61 Å². The SMILES string of the molecule is C[C](CO)c1cc(C)cc(F)c1. The molecule has 0 fully saturated rings. The highest BCUT2D eigenvalue weighted by Crippen LogP contribution is 2.16. The second-order valence-corrected chi connectivity index (χ2v) is 2.96. The van der Waals surface area contributed by atoms with Gasteiger partial charge in [-0.1, -0.05) is 13.0 Å². The first-order chi connectivity index (χ1) is 5.63. The zero-order valence-electron chi connectivity index (χ0n) is 7.26. The van der Waals surface area contributed by atoms with Gasteiger partial charge < -0.3 is 5.11 Å². The van der Waals surface area contributed by atoms with E-state index in [1.54, 1.807) is 6.92 Å². The number of benzene rings is 1. The van der Waals surface area contributed by atoms with Gasteiger partial charge in [0.05, 0.1) is 6.61 Å². The summed E-state index contributed by atoms with van der Waals surface area (Å²) in [4.78, 5) is 0. The molecule has 0 bridgehead atoms. The van der Waals surface area contributed by atoms with Crippen molar-refractivity contribution in [1.29, 1.82) is 0 Å². The van der Waals surface area contributed by atoms with Crippen LogP contribution in [0.5, 0.6) is 0 Å². The molecule has 1 radical (unpaired) electrons. The third-order valence-corrected chi connectivity index (χ3v) is 1.77. The standard InChI is InChI=1S/C10H12FO/c1-7-3-9(8(2)6-12)5-10(11)4-7/h3-5,12H,6H2,1-2H3. The lowest BCUT2D eigenvalue weighted by molar-refractivity contribution is 0.315. The van der Waals surface area contributed by atoms with Crippen molar-refractivity contribution >= 4 is 0 Å². The predicted molar refractivity (Wildman–Crippen MR) is 46.2 cm³/mol. The molecule has 0 spiro atoms. The van der Waals surface area contributed by atoms with E-state index in [2.05, 4.69) is 0 Å². The normalized spacial score (nSPS) is 10.8. The van der Waals surface area contributed by atoms with Crippen LogP contribution in [0.2, 0.25) is 0 Å². The van der Waals surface area contributed by atoms with Crippen LogP contribution >= 0.6 is 0 Å². The molecule has 0 heterocycles. The predicted octanol–water partition coefficient (Wildman–Crippen LogP) is 2.07. The third kappa shape index (κ3) is 2.05. The molecule has 0 saturated carbocycles. The Labute approximate surface area is 71.9 Å². The minimum Gasteiger partial charge on any atom is -0.395 e. The van der Waals surface area contributed by atoms with Crippen molar-refractivity contribution in [2.45, 2.75) is 13.8 Å². The molecule has 2 heteroatoms. The lowest BCUT2D eigenvalue weighted by Crippen LogP contribution is -2.00. The average molecular weight is 167 g/mol. The summed E-state index contributed by atoms with van der Waals surface area (Å²) in [5, 5.41) is 8.81. The molecule has 1 aromatic carbocycles. The maximum atomic E-state index is 12.8. The maximum absolute atomic E-state index is 12.8. The number of hydrogen-bond acceptors (Lipinski definition) is 1. The molecule has 0 aromatic heterocycles.